The summed E-state index contributed by atoms with van der Waals surface area (Å²) >= 11 is 0. The number of rotatable bonds is 2. The van der Waals surface area contributed by atoms with Gasteiger partial charge in [-0.1, -0.05) is 0 Å². The third-order valence-electron chi connectivity index (χ3n) is 3.75. The first-order valence-corrected chi connectivity index (χ1v) is 8.14. The highest BCUT2D eigenvalue weighted by molar-refractivity contribution is 7.91. The summed E-state index contributed by atoms with van der Waals surface area (Å²) in [4.78, 5) is 0. The molecule has 2 saturated heterocycles. The lowest BCUT2D eigenvalue weighted by Gasteiger charge is -2.39. The van der Waals surface area contributed by atoms with Gasteiger partial charge in [0.1, 0.15) is 0 Å². The Hall–Kier alpha value is -0.130. The highest BCUT2D eigenvalue weighted by atomic mass is 32.2. The highest BCUT2D eigenvalue weighted by Gasteiger charge is 2.41. The van der Waals surface area contributed by atoms with Crippen molar-refractivity contribution in [3.63, 3.8) is 0 Å². The number of sulfone groups is 1. The van der Waals surface area contributed by atoms with Crippen LogP contribution in [-0.4, -0.2) is 43.7 Å². The molecule has 0 aromatic rings. The molecule has 4 nitrogen and oxygen atoms in total. The second kappa shape index (κ2) is 4.21. The summed E-state index contributed by atoms with van der Waals surface area (Å²) in [5.41, 5.74) is -0.333. The average molecular weight is 261 g/mol. The molecule has 2 aliphatic rings. The SMILES string of the molecule is CC1(NC2CCOC(C)(C)C2)CCS(=O)(=O)C1. The van der Waals surface area contributed by atoms with Crippen molar-refractivity contribution in [3.8, 4) is 0 Å². The van der Waals surface area contributed by atoms with Crippen LogP contribution in [0.25, 0.3) is 0 Å². The minimum atomic E-state index is -2.83. The minimum absolute atomic E-state index is 0.0935. The summed E-state index contributed by atoms with van der Waals surface area (Å²) in [5, 5.41) is 3.55. The summed E-state index contributed by atoms with van der Waals surface area (Å²) in [6.45, 7) is 6.97. The Morgan fingerprint density at radius 2 is 2.00 bits per heavy atom. The summed E-state index contributed by atoms with van der Waals surface area (Å²) in [5.74, 6) is 0.598. The van der Waals surface area contributed by atoms with Gasteiger partial charge in [0.05, 0.1) is 17.1 Å². The van der Waals surface area contributed by atoms with Crippen molar-refractivity contribution in [3.05, 3.63) is 0 Å². The Morgan fingerprint density at radius 3 is 2.53 bits per heavy atom. The van der Waals surface area contributed by atoms with E-state index in [-0.39, 0.29) is 16.9 Å². The largest absolute Gasteiger partial charge is 0.375 e. The quantitative estimate of drug-likeness (QED) is 0.809. The van der Waals surface area contributed by atoms with E-state index in [1.165, 1.54) is 0 Å². The number of ether oxygens (including phenoxy) is 1. The van der Waals surface area contributed by atoms with Gasteiger partial charge < -0.3 is 10.1 Å². The van der Waals surface area contributed by atoms with E-state index in [1.807, 2.05) is 6.92 Å². The molecule has 17 heavy (non-hydrogen) atoms. The van der Waals surface area contributed by atoms with E-state index in [0.717, 1.165) is 25.9 Å². The molecule has 0 aliphatic carbocycles. The van der Waals surface area contributed by atoms with Crippen LogP contribution in [0.5, 0.6) is 0 Å². The smallest absolute Gasteiger partial charge is 0.152 e. The van der Waals surface area contributed by atoms with Gasteiger partial charge in [-0.05, 0) is 40.0 Å². The number of nitrogens with one attached hydrogen (secondary N) is 1. The fourth-order valence-electron chi connectivity index (χ4n) is 2.97. The van der Waals surface area contributed by atoms with E-state index in [2.05, 4.69) is 19.2 Å². The molecule has 2 atom stereocenters. The van der Waals surface area contributed by atoms with Crippen molar-refractivity contribution in [1.29, 1.82) is 0 Å². The first kappa shape index (κ1) is 13.3. The maximum atomic E-state index is 11.6. The Balaban J connectivity index is 1.97. The molecule has 0 radical (unpaired) electrons. The maximum Gasteiger partial charge on any atom is 0.152 e. The van der Waals surface area contributed by atoms with E-state index in [4.69, 9.17) is 4.74 Å². The summed E-state index contributed by atoms with van der Waals surface area (Å²) in [6.07, 6.45) is 2.65. The Morgan fingerprint density at radius 1 is 1.29 bits per heavy atom. The van der Waals surface area contributed by atoms with Crippen molar-refractivity contribution in [2.24, 2.45) is 0 Å². The van der Waals surface area contributed by atoms with Crippen molar-refractivity contribution >= 4 is 9.84 Å². The van der Waals surface area contributed by atoms with Gasteiger partial charge in [0.15, 0.2) is 9.84 Å². The van der Waals surface area contributed by atoms with Gasteiger partial charge in [0.2, 0.25) is 0 Å². The second-order valence-corrected chi connectivity index (χ2v) is 8.53. The second-order valence-electron chi connectivity index (χ2n) is 6.34. The average Bonchev–Trinajstić information content (AvgIpc) is 2.38. The van der Waals surface area contributed by atoms with Crippen LogP contribution in [0.3, 0.4) is 0 Å². The molecule has 2 aliphatic heterocycles. The number of hydrogen-bond acceptors (Lipinski definition) is 4. The molecule has 2 rings (SSSR count). The first-order chi connectivity index (χ1) is 7.70. The third kappa shape index (κ3) is 3.42. The first-order valence-electron chi connectivity index (χ1n) is 6.32. The highest BCUT2D eigenvalue weighted by Crippen LogP contribution is 2.29. The Labute approximate surface area is 104 Å². The molecule has 0 amide bonds. The molecule has 0 bridgehead atoms. The Bertz CT molecular complexity index is 391. The molecule has 0 spiro atoms. The zero-order valence-electron chi connectivity index (χ0n) is 11.0. The molecule has 2 fully saturated rings. The van der Waals surface area contributed by atoms with E-state index < -0.39 is 9.84 Å². The summed E-state index contributed by atoms with van der Waals surface area (Å²) < 4.78 is 28.8. The van der Waals surface area contributed by atoms with Gasteiger partial charge in [0, 0.05) is 18.2 Å². The number of hydrogen-bond donors (Lipinski definition) is 1. The van der Waals surface area contributed by atoms with Crippen LogP contribution in [0.1, 0.15) is 40.0 Å². The minimum Gasteiger partial charge on any atom is -0.375 e. The van der Waals surface area contributed by atoms with Gasteiger partial charge in [-0.15, -0.1) is 0 Å². The molecular formula is C12H23NO3S. The van der Waals surface area contributed by atoms with Crippen LogP contribution in [0.2, 0.25) is 0 Å². The molecule has 2 unspecified atom stereocenters. The van der Waals surface area contributed by atoms with Gasteiger partial charge in [-0.25, -0.2) is 8.42 Å². The fraction of sp³-hybridized carbons (Fsp3) is 1.00. The van der Waals surface area contributed by atoms with Gasteiger partial charge in [-0.3, -0.25) is 0 Å². The molecule has 0 aromatic heterocycles. The van der Waals surface area contributed by atoms with Crippen molar-refractivity contribution in [1.82, 2.24) is 5.32 Å². The van der Waals surface area contributed by atoms with Gasteiger partial charge in [-0.2, -0.15) is 0 Å². The lowest BCUT2D eigenvalue weighted by Crippen LogP contribution is -2.53. The summed E-state index contributed by atoms with van der Waals surface area (Å²) in [7, 11) is -2.83. The topological polar surface area (TPSA) is 55.4 Å². The van der Waals surface area contributed by atoms with Crippen LogP contribution in [-0.2, 0) is 14.6 Å². The zero-order chi connectivity index (χ0) is 12.7. The van der Waals surface area contributed by atoms with Crippen LogP contribution < -0.4 is 5.32 Å². The molecule has 100 valence electrons. The molecule has 0 saturated carbocycles. The summed E-state index contributed by atoms with van der Waals surface area (Å²) in [6, 6.07) is 0.372. The third-order valence-corrected chi connectivity index (χ3v) is 5.66. The van der Waals surface area contributed by atoms with Crippen LogP contribution >= 0.6 is 0 Å². The van der Waals surface area contributed by atoms with E-state index in [0.29, 0.717) is 11.8 Å². The maximum absolute atomic E-state index is 11.6. The van der Waals surface area contributed by atoms with Gasteiger partial charge in [0.25, 0.3) is 0 Å². The van der Waals surface area contributed by atoms with Crippen LogP contribution in [0, 0.1) is 0 Å². The normalized spacial score (nSPS) is 40.3. The lowest BCUT2D eigenvalue weighted by atomic mass is 9.91. The Kier molecular flexibility index (Phi) is 3.30. The van der Waals surface area contributed by atoms with Crippen molar-refractivity contribution < 1.29 is 13.2 Å². The van der Waals surface area contributed by atoms with Crippen molar-refractivity contribution in [2.75, 3.05) is 18.1 Å². The van der Waals surface area contributed by atoms with E-state index in [1.54, 1.807) is 0 Å². The van der Waals surface area contributed by atoms with Crippen molar-refractivity contribution in [2.45, 2.75) is 57.2 Å². The monoisotopic (exact) mass is 261 g/mol. The lowest BCUT2D eigenvalue weighted by molar-refractivity contribution is -0.0657. The zero-order valence-corrected chi connectivity index (χ0v) is 11.8. The molecule has 2 heterocycles. The molecule has 1 N–H and O–H groups in total. The molecular weight excluding hydrogens is 238 g/mol. The molecule has 5 heteroatoms. The van der Waals surface area contributed by atoms with Crippen LogP contribution in [0.4, 0.5) is 0 Å². The molecule has 0 aromatic carbocycles. The van der Waals surface area contributed by atoms with Crippen LogP contribution in [0.15, 0.2) is 0 Å². The predicted molar refractivity (Wildman–Crippen MR) is 67.9 cm³/mol. The predicted octanol–water partition coefficient (Wildman–Crippen LogP) is 1.11. The van der Waals surface area contributed by atoms with E-state index >= 15 is 0 Å². The fourth-order valence-corrected chi connectivity index (χ4v) is 5.08. The van der Waals surface area contributed by atoms with E-state index in [9.17, 15) is 8.42 Å². The standard InChI is InChI=1S/C12H23NO3S/c1-11(2)8-10(4-6-16-11)13-12(3)5-7-17(14,15)9-12/h10,13H,4-9H2,1-3H3. The van der Waals surface area contributed by atoms with Gasteiger partial charge >= 0.3 is 0 Å².